The van der Waals surface area contributed by atoms with Crippen molar-refractivity contribution in [2.45, 2.75) is 73.9 Å². The van der Waals surface area contributed by atoms with Gasteiger partial charge in [-0.05, 0) is 55.3 Å². The van der Waals surface area contributed by atoms with Crippen LogP contribution in [0.15, 0.2) is 43.1 Å². The molecule has 2 aromatic rings. The van der Waals surface area contributed by atoms with Gasteiger partial charge < -0.3 is 30.1 Å². The SMILES string of the molecule is C=CC1CC1(NC(=O)[C@@H]1C[C@@H](Oc2nccc3cc(OC)ccc23)CN1C(=O)[C@H](CCC(=O)N1CCC1=O)NC(=O)O)C(=O)NS(=O)(=O)C1CC1. The van der Waals surface area contributed by atoms with Crippen LogP contribution < -0.4 is 24.8 Å². The molecule has 0 spiro atoms. The molecule has 5 atom stereocenters. The number of carbonyl (C=O) groups excluding carboxylic acids is 5. The van der Waals surface area contributed by atoms with Crippen LogP contribution in [0.4, 0.5) is 4.79 Å². The van der Waals surface area contributed by atoms with E-state index in [-0.39, 0.29) is 57.0 Å². The number of carbonyl (C=O) groups is 6. The number of hydrogen-bond donors (Lipinski definition) is 4. The predicted molar refractivity (Wildman–Crippen MR) is 178 cm³/mol. The van der Waals surface area contributed by atoms with Gasteiger partial charge in [-0.3, -0.25) is 33.6 Å². The molecular formula is C33H38N6O11S. The monoisotopic (exact) mass is 726 g/mol. The molecule has 0 bridgehead atoms. The number of ether oxygens (including phenoxy) is 2. The number of amides is 6. The van der Waals surface area contributed by atoms with Crippen LogP contribution in [0.1, 0.15) is 44.9 Å². The number of pyridine rings is 1. The molecule has 2 saturated heterocycles. The van der Waals surface area contributed by atoms with E-state index in [4.69, 9.17) is 9.47 Å². The Balaban J connectivity index is 1.26. The van der Waals surface area contributed by atoms with Gasteiger partial charge in [0.05, 0.1) is 18.9 Å². The third-order valence-electron chi connectivity index (χ3n) is 9.70. The summed E-state index contributed by atoms with van der Waals surface area (Å²) in [7, 11) is -2.42. The van der Waals surface area contributed by atoms with Crippen molar-refractivity contribution in [1.29, 1.82) is 0 Å². The number of nitrogens with zero attached hydrogens (tertiary/aromatic N) is 3. The Bertz CT molecular complexity index is 1920. The molecule has 17 nitrogen and oxygen atoms in total. The molecule has 1 aromatic carbocycles. The zero-order valence-electron chi connectivity index (χ0n) is 27.7. The molecule has 1 aromatic heterocycles. The van der Waals surface area contributed by atoms with Gasteiger partial charge >= 0.3 is 6.09 Å². The van der Waals surface area contributed by atoms with Crippen LogP contribution in [-0.4, -0.2) is 113 Å². The van der Waals surface area contributed by atoms with E-state index in [1.807, 2.05) is 0 Å². The maximum absolute atomic E-state index is 14.1. The number of aromatic nitrogens is 1. The molecular weight excluding hydrogens is 688 g/mol. The van der Waals surface area contributed by atoms with Crippen molar-refractivity contribution in [3.63, 3.8) is 0 Å². The van der Waals surface area contributed by atoms with Gasteiger partial charge in [-0.1, -0.05) is 6.08 Å². The van der Waals surface area contributed by atoms with Gasteiger partial charge in [0.15, 0.2) is 0 Å². The summed E-state index contributed by atoms with van der Waals surface area (Å²) in [6.07, 6.45) is 0.933. The zero-order valence-corrected chi connectivity index (χ0v) is 28.5. The molecule has 2 unspecified atom stereocenters. The van der Waals surface area contributed by atoms with E-state index in [9.17, 15) is 42.3 Å². The van der Waals surface area contributed by atoms with Crippen molar-refractivity contribution < 1.29 is 51.8 Å². The summed E-state index contributed by atoms with van der Waals surface area (Å²) in [6.45, 7) is 3.73. The molecule has 272 valence electrons. The highest BCUT2D eigenvalue weighted by atomic mass is 32.2. The summed E-state index contributed by atoms with van der Waals surface area (Å²) in [6, 6.07) is 4.20. The second-order valence-electron chi connectivity index (χ2n) is 13.1. The van der Waals surface area contributed by atoms with Gasteiger partial charge in [0, 0.05) is 43.3 Å². The van der Waals surface area contributed by atoms with Crippen molar-refractivity contribution in [2.75, 3.05) is 20.2 Å². The summed E-state index contributed by atoms with van der Waals surface area (Å²) in [5.41, 5.74) is -1.64. The molecule has 18 heteroatoms. The fourth-order valence-corrected chi connectivity index (χ4v) is 7.85. The van der Waals surface area contributed by atoms with Crippen LogP contribution in [0, 0.1) is 5.92 Å². The van der Waals surface area contributed by atoms with Gasteiger partial charge in [0.1, 0.15) is 29.5 Å². The Hall–Kier alpha value is -5.26. The van der Waals surface area contributed by atoms with E-state index in [0.717, 1.165) is 15.2 Å². The fraction of sp³-hybridized carbons (Fsp3) is 0.485. The summed E-state index contributed by atoms with van der Waals surface area (Å²) < 4.78 is 38.8. The molecule has 3 heterocycles. The van der Waals surface area contributed by atoms with E-state index in [2.05, 4.69) is 26.9 Å². The maximum atomic E-state index is 14.1. The number of imide groups is 1. The molecule has 2 aliphatic carbocycles. The van der Waals surface area contributed by atoms with E-state index in [1.54, 1.807) is 24.3 Å². The second-order valence-corrected chi connectivity index (χ2v) is 15.1. The number of fused-ring (bicyclic) bond motifs is 1. The minimum atomic E-state index is -3.95. The maximum Gasteiger partial charge on any atom is 0.405 e. The van der Waals surface area contributed by atoms with Crippen LogP contribution in [0.2, 0.25) is 0 Å². The lowest BCUT2D eigenvalue weighted by Gasteiger charge is -2.31. The minimum Gasteiger partial charge on any atom is -0.497 e. The van der Waals surface area contributed by atoms with Crippen LogP contribution in [0.5, 0.6) is 11.6 Å². The Morgan fingerprint density at radius 3 is 2.57 bits per heavy atom. The Morgan fingerprint density at radius 1 is 1.20 bits per heavy atom. The van der Waals surface area contributed by atoms with Gasteiger partial charge in [-0.25, -0.2) is 18.2 Å². The van der Waals surface area contributed by atoms with Gasteiger partial charge in [-0.2, -0.15) is 0 Å². The van der Waals surface area contributed by atoms with Crippen LogP contribution in [0.3, 0.4) is 0 Å². The number of nitrogens with one attached hydrogen (secondary N) is 3. The van der Waals surface area contributed by atoms with E-state index >= 15 is 0 Å². The Morgan fingerprint density at radius 2 is 1.96 bits per heavy atom. The molecule has 4 N–H and O–H groups in total. The van der Waals surface area contributed by atoms with Crippen molar-refractivity contribution in [3.05, 3.63) is 43.1 Å². The first-order valence-electron chi connectivity index (χ1n) is 16.5. The summed E-state index contributed by atoms with van der Waals surface area (Å²) in [4.78, 5) is 84.1. The lowest BCUT2D eigenvalue weighted by atomic mass is 10.1. The highest BCUT2D eigenvalue weighted by Gasteiger charge is 2.62. The molecule has 4 aliphatic rings. The average Bonchev–Trinajstić information content (AvgIpc) is 4.02. The molecule has 0 radical (unpaired) electrons. The van der Waals surface area contributed by atoms with Crippen molar-refractivity contribution in [1.82, 2.24) is 30.1 Å². The Labute approximate surface area is 292 Å². The van der Waals surface area contributed by atoms with E-state index in [1.165, 1.54) is 19.4 Å². The Kier molecular flexibility index (Phi) is 9.63. The highest BCUT2D eigenvalue weighted by Crippen LogP contribution is 2.45. The van der Waals surface area contributed by atoms with Gasteiger partial charge in [0.2, 0.25) is 39.5 Å². The summed E-state index contributed by atoms with van der Waals surface area (Å²) >= 11 is 0. The molecule has 4 fully saturated rings. The van der Waals surface area contributed by atoms with E-state index in [0.29, 0.717) is 24.0 Å². The fourth-order valence-electron chi connectivity index (χ4n) is 6.49. The summed E-state index contributed by atoms with van der Waals surface area (Å²) in [5.74, 6) is -3.29. The zero-order chi connectivity index (χ0) is 36.7. The predicted octanol–water partition coefficient (Wildman–Crippen LogP) is 0.436. The van der Waals surface area contributed by atoms with Crippen LogP contribution >= 0.6 is 0 Å². The minimum absolute atomic E-state index is 0.0682. The first-order valence-corrected chi connectivity index (χ1v) is 18.0. The molecule has 51 heavy (non-hydrogen) atoms. The first kappa shape index (κ1) is 35.6. The second kappa shape index (κ2) is 13.8. The van der Waals surface area contributed by atoms with E-state index < -0.39 is 74.6 Å². The number of benzene rings is 1. The highest BCUT2D eigenvalue weighted by molar-refractivity contribution is 7.91. The standard InChI is InChI=1S/C33H38N6O11S/c1-3-19-16-33(19,31(44)37-51(47,48)22-5-6-22)36-28(42)25-15-21(50-29-23-7-4-20(49-2)14-18(23)10-12-34-29)17-39(25)30(43)24(35-32(45)46)8-9-26(40)38-13-11-27(38)41/h3-4,7,10,12,14,19,21-22,24-25,35H,1,5-6,8-9,11,13,15-17H2,2H3,(H,36,42)(H,37,44)(H,45,46)/t19?,21-,24+,25+,33?/m1/s1. The number of carboxylic acid groups (broad SMARTS) is 1. The largest absolute Gasteiger partial charge is 0.497 e. The smallest absolute Gasteiger partial charge is 0.405 e. The molecule has 2 saturated carbocycles. The third kappa shape index (κ3) is 7.31. The third-order valence-corrected chi connectivity index (χ3v) is 11.5. The van der Waals surface area contributed by atoms with Crippen molar-refractivity contribution >= 4 is 56.4 Å². The van der Waals surface area contributed by atoms with Crippen molar-refractivity contribution in [2.24, 2.45) is 5.92 Å². The normalized spacial score (nSPS) is 24.6. The topological polar surface area (TPSA) is 231 Å². The number of hydrogen-bond acceptors (Lipinski definition) is 11. The number of β-lactam (4-membered cyclic amide) rings is 1. The average molecular weight is 727 g/mol. The van der Waals surface area contributed by atoms with Gasteiger partial charge in [-0.15, -0.1) is 6.58 Å². The summed E-state index contributed by atoms with van der Waals surface area (Å²) in [5, 5.41) is 15.0. The number of rotatable bonds is 14. The number of methoxy groups -OCH3 is 1. The van der Waals surface area contributed by atoms with Crippen LogP contribution in [0.25, 0.3) is 10.8 Å². The first-order chi connectivity index (χ1) is 24.3. The lowest BCUT2D eigenvalue weighted by molar-refractivity contribution is -0.152. The quantitative estimate of drug-likeness (QED) is 0.154. The van der Waals surface area contributed by atoms with Gasteiger partial charge in [0.25, 0.3) is 5.91 Å². The number of likely N-dealkylation sites (tertiary alicyclic amines) is 2. The lowest BCUT2D eigenvalue weighted by Crippen LogP contribution is -2.58. The van der Waals surface area contributed by atoms with Crippen molar-refractivity contribution in [3.8, 4) is 11.6 Å². The van der Waals surface area contributed by atoms with Crippen LogP contribution in [-0.2, 0) is 34.0 Å². The molecule has 2 aliphatic heterocycles. The number of sulfonamides is 1. The molecule has 6 amide bonds. The molecule has 6 rings (SSSR count).